The summed E-state index contributed by atoms with van der Waals surface area (Å²) in [6.45, 7) is 1.03. The minimum atomic E-state index is -5.08. The van der Waals surface area contributed by atoms with Crippen molar-refractivity contribution in [2.24, 2.45) is 0 Å². The van der Waals surface area contributed by atoms with Crippen molar-refractivity contribution in [3.05, 3.63) is 66.4 Å². The monoisotopic (exact) mass is 566 g/mol. The van der Waals surface area contributed by atoms with Gasteiger partial charge in [0.15, 0.2) is 0 Å². The number of rotatable bonds is 8. The number of H-pyrrole nitrogens is 1. The molecule has 5 aromatic rings. The zero-order valence-electron chi connectivity index (χ0n) is 20.4. The second-order valence-electron chi connectivity index (χ2n) is 7.89. The highest BCUT2D eigenvalue weighted by molar-refractivity contribution is 5.81. The zero-order valence-corrected chi connectivity index (χ0v) is 20.4. The molecule has 4 heterocycles. The van der Waals surface area contributed by atoms with E-state index in [9.17, 15) is 22.0 Å². The minimum Gasteiger partial charge on any atom is -0.475 e. The van der Waals surface area contributed by atoms with E-state index in [1.165, 1.54) is 18.2 Å². The summed E-state index contributed by atoms with van der Waals surface area (Å²) in [5, 5.41) is 17.9. The third kappa shape index (κ3) is 6.29. The van der Waals surface area contributed by atoms with Gasteiger partial charge in [0.05, 0.1) is 25.0 Å². The van der Waals surface area contributed by atoms with E-state index in [1.54, 1.807) is 42.2 Å². The first-order chi connectivity index (χ1) is 19.1. The van der Waals surface area contributed by atoms with Crippen LogP contribution >= 0.6 is 0 Å². The highest BCUT2D eigenvalue weighted by atomic mass is 19.4. The van der Waals surface area contributed by atoms with E-state index in [-0.39, 0.29) is 17.9 Å². The molecular weight excluding hydrogens is 547 g/mol. The number of carboxylic acids is 1. The van der Waals surface area contributed by atoms with Gasteiger partial charge in [0.25, 0.3) is 5.89 Å². The second-order valence-corrected chi connectivity index (χ2v) is 7.89. The third-order valence-corrected chi connectivity index (χ3v) is 5.25. The lowest BCUT2D eigenvalue weighted by Crippen LogP contribution is -2.21. The first kappa shape index (κ1) is 28.3. The smallest absolute Gasteiger partial charge is 0.475 e. The number of nitrogens with zero attached hydrogens (tertiary/aromatic N) is 5. The van der Waals surface area contributed by atoms with E-state index >= 15 is 0 Å². The third-order valence-electron chi connectivity index (χ3n) is 5.25. The average Bonchev–Trinajstić information content (AvgIpc) is 3.66. The first-order valence-corrected chi connectivity index (χ1v) is 11.3. The molecule has 0 atom stereocenters. The molecule has 0 bridgehead atoms. The summed E-state index contributed by atoms with van der Waals surface area (Å²) in [4.78, 5) is 17.6. The maximum atomic E-state index is 14.4. The molecule has 2 N–H and O–H groups in total. The van der Waals surface area contributed by atoms with Gasteiger partial charge >= 0.3 is 12.1 Å². The Morgan fingerprint density at radius 2 is 1.88 bits per heavy atom. The Hall–Kier alpha value is -4.70. The summed E-state index contributed by atoms with van der Waals surface area (Å²) < 4.78 is 77.9. The van der Waals surface area contributed by atoms with Crippen LogP contribution in [-0.2, 0) is 20.9 Å². The van der Waals surface area contributed by atoms with Crippen LogP contribution in [0.5, 0.6) is 0 Å². The van der Waals surface area contributed by atoms with Crippen molar-refractivity contribution in [2.75, 3.05) is 20.3 Å². The fraction of sp³-hybridized carbons (Fsp3) is 0.208. The van der Waals surface area contributed by atoms with Crippen LogP contribution in [0.1, 0.15) is 5.89 Å². The number of carbonyl (C=O) groups is 1. The maximum absolute atomic E-state index is 14.4. The Balaban J connectivity index is 0.000000470. The number of ether oxygens (including phenoxy) is 2. The summed E-state index contributed by atoms with van der Waals surface area (Å²) in [5.41, 5.74) is 2.39. The Labute approximate surface area is 221 Å². The van der Waals surface area contributed by atoms with Crippen molar-refractivity contribution in [3.8, 4) is 33.9 Å². The zero-order chi connectivity index (χ0) is 28.9. The second kappa shape index (κ2) is 12.0. The molecule has 40 heavy (non-hydrogen) atoms. The number of nitrogens with one attached hydrogen (secondary N) is 1. The van der Waals surface area contributed by atoms with Gasteiger partial charge in [-0.15, -0.1) is 0 Å². The summed E-state index contributed by atoms with van der Waals surface area (Å²) in [5.74, 6) is -3.50. The van der Waals surface area contributed by atoms with Crippen LogP contribution in [0.2, 0.25) is 0 Å². The Kier molecular flexibility index (Phi) is 8.49. The molecule has 5 rings (SSSR count). The fourth-order valence-electron chi connectivity index (χ4n) is 3.45. The number of aromatic nitrogens is 6. The summed E-state index contributed by atoms with van der Waals surface area (Å²) in [6, 6.07) is 7.28. The number of aliphatic carboxylic acids is 1. The lowest BCUT2D eigenvalue weighted by Gasteiger charge is -2.07. The van der Waals surface area contributed by atoms with Crippen LogP contribution in [-0.4, -0.2) is 67.3 Å². The van der Waals surface area contributed by atoms with Crippen molar-refractivity contribution in [2.45, 2.75) is 12.8 Å². The molecule has 0 saturated heterocycles. The topological polar surface area (TPSA) is 141 Å². The summed E-state index contributed by atoms with van der Waals surface area (Å²) in [7, 11) is 1.59. The first-order valence-electron chi connectivity index (χ1n) is 11.3. The van der Waals surface area contributed by atoms with Crippen LogP contribution < -0.4 is 0 Å². The lowest BCUT2D eigenvalue weighted by atomic mass is 10.0. The van der Waals surface area contributed by atoms with E-state index in [0.717, 1.165) is 0 Å². The van der Waals surface area contributed by atoms with Gasteiger partial charge in [-0.1, -0.05) is 11.2 Å². The van der Waals surface area contributed by atoms with E-state index in [4.69, 9.17) is 23.9 Å². The number of pyridine rings is 1. The Morgan fingerprint density at radius 1 is 1.15 bits per heavy atom. The molecule has 0 aliphatic carbocycles. The van der Waals surface area contributed by atoms with Gasteiger partial charge in [0, 0.05) is 30.6 Å². The minimum absolute atomic E-state index is 0.158. The molecule has 0 fully saturated rings. The van der Waals surface area contributed by atoms with Crippen molar-refractivity contribution < 1.29 is 45.8 Å². The van der Waals surface area contributed by atoms with Gasteiger partial charge in [-0.2, -0.15) is 23.3 Å². The molecule has 0 aliphatic rings. The van der Waals surface area contributed by atoms with Crippen LogP contribution in [0.15, 0.2) is 53.4 Å². The van der Waals surface area contributed by atoms with Gasteiger partial charge < -0.3 is 19.1 Å². The predicted molar refractivity (Wildman–Crippen MR) is 127 cm³/mol. The van der Waals surface area contributed by atoms with Gasteiger partial charge in [-0.05, 0) is 24.3 Å². The van der Waals surface area contributed by atoms with E-state index < -0.39 is 23.8 Å². The Morgan fingerprint density at radius 3 is 2.55 bits per heavy atom. The molecule has 0 amide bonds. The standard InChI is InChI=1S/C22H18F2N6O3.C2HF3O2/c1-31-7-8-32-12-19-27-22(29-33-19)17-10-25-18-6-5-13(11-30(17)18)14-9-26-28-21(14)20-15(23)3-2-4-16(20)24;3-2(4,5)1(6)7/h2-6,9-11H,7-8,12H2,1H3,(H,26,28);(H,6,7). The van der Waals surface area contributed by atoms with E-state index in [1.807, 2.05) is 0 Å². The average molecular weight is 566 g/mol. The van der Waals surface area contributed by atoms with Crippen molar-refractivity contribution in [3.63, 3.8) is 0 Å². The van der Waals surface area contributed by atoms with Gasteiger partial charge in [-0.3, -0.25) is 9.50 Å². The number of fused-ring (bicyclic) bond motifs is 1. The van der Waals surface area contributed by atoms with E-state index in [2.05, 4.69) is 25.3 Å². The molecule has 210 valence electrons. The lowest BCUT2D eigenvalue weighted by molar-refractivity contribution is -0.192. The predicted octanol–water partition coefficient (Wildman–Crippen LogP) is 4.52. The highest BCUT2D eigenvalue weighted by Crippen LogP contribution is 2.34. The molecule has 0 radical (unpaired) electrons. The quantitative estimate of drug-likeness (QED) is 0.205. The van der Waals surface area contributed by atoms with Crippen LogP contribution in [0.25, 0.3) is 39.5 Å². The highest BCUT2D eigenvalue weighted by Gasteiger charge is 2.38. The number of hydrogen-bond donors (Lipinski definition) is 2. The number of hydrogen-bond acceptors (Lipinski definition) is 8. The molecule has 1 aromatic carbocycles. The number of alkyl halides is 3. The number of carboxylic acid groups (broad SMARTS) is 1. The Bertz CT molecular complexity index is 1590. The van der Waals surface area contributed by atoms with Crippen molar-refractivity contribution in [1.29, 1.82) is 0 Å². The normalized spacial score (nSPS) is 11.4. The van der Waals surface area contributed by atoms with Crippen molar-refractivity contribution >= 4 is 11.6 Å². The van der Waals surface area contributed by atoms with Crippen LogP contribution in [0, 0.1) is 11.6 Å². The van der Waals surface area contributed by atoms with Gasteiger partial charge in [0.2, 0.25) is 5.82 Å². The van der Waals surface area contributed by atoms with Crippen LogP contribution in [0.3, 0.4) is 0 Å². The molecule has 4 aromatic heterocycles. The van der Waals surface area contributed by atoms with E-state index in [0.29, 0.717) is 47.4 Å². The number of methoxy groups -OCH3 is 1. The van der Waals surface area contributed by atoms with Crippen molar-refractivity contribution in [1.82, 2.24) is 29.7 Å². The maximum Gasteiger partial charge on any atom is 0.490 e. The molecule has 16 heteroatoms. The number of imidazole rings is 1. The molecule has 11 nitrogen and oxygen atoms in total. The molecular formula is C24H19F5N6O5. The van der Waals surface area contributed by atoms with Gasteiger partial charge in [0.1, 0.15) is 35.3 Å². The molecule has 0 unspecified atom stereocenters. The SMILES string of the molecule is COCCOCc1nc(-c2cnc3ccc(-c4c[nH]nc4-c4c(F)cccc4F)cn23)no1.O=C(O)C(F)(F)F. The number of benzene rings is 1. The summed E-state index contributed by atoms with van der Waals surface area (Å²) in [6.07, 6.45) is -0.106. The number of aromatic amines is 1. The molecule has 0 aliphatic heterocycles. The number of halogens is 5. The molecule has 0 saturated carbocycles. The largest absolute Gasteiger partial charge is 0.490 e. The summed E-state index contributed by atoms with van der Waals surface area (Å²) >= 11 is 0. The van der Waals surface area contributed by atoms with Gasteiger partial charge in [-0.25, -0.2) is 18.6 Å². The van der Waals surface area contributed by atoms with Crippen LogP contribution in [0.4, 0.5) is 22.0 Å². The fourth-order valence-corrected chi connectivity index (χ4v) is 3.45. The molecule has 0 spiro atoms.